The lowest BCUT2D eigenvalue weighted by molar-refractivity contribution is -0.117. The Labute approximate surface area is 204 Å². The van der Waals surface area contributed by atoms with Crippen LogP contribution in [0.25, 0.3) is 0 Å². The molecule has 1 fully saturated rings. The molecular weight excluding hydrogens is 470 g/mol. The van der Waals surface area contributed by atoms with Crippen LogP contribution in [-0.4, -0.2) is 39.3 Å². The summed E-state index contributed by atoms with van der Waals surface area (Å²) < 4.78 is 43.9. The van der Waals surface area contributed by atoms with Gasteiger partial charge in [-0.05, 0) is 54.4 Å². The molecule has 0 aliphatic carbocycles. The molecule has 1 aliphatic rings. The molecule has 2 heterocycles. The fourth-order valence-corrected chi connectivity index (χ4v) is 4.76. The number of nitrogens with one attached hydrogen (secondary N) is 1. The lowest BCUT2D eigenvalue weighted by Gasteiger charge is -2.27. The van der Waals surface area contributed by atoms with Crippen LogP contribution < -0.4 is 19.1 Å². The molecule has 1 unspecified atom stereocenters. The molecule has 0 bridgehead atoms. The third-order valence-electron chi connectivity index (χ3n) is 5.41. The minimum atomic E-state index is -3.93. The van der Waals surface area contributed by atoms with Gasteiger partial charge in [0.2, 0.25) is 5.91 Å². The van der Waals surface area contributed by atoms with Crippen molar-refractivity contribution in [2.45, 2.75) is 37.5 Å². The van der Waals surface area contributed by atoms with E-state index in [0.29, 0.717) is 24.7 Å². The van der Waals surface area contributed by atoms with Crippen molar-refractivity contribution in [3.8, 4) is 11.5 Å². The number of ether oxygens (including phenoxy) is 3. The number of sulfonamides is 1. The highest BCUT2D eigenvalue weighted by molar-refractivity contribution is 7.90. The molecule has 1 aliphatic heterocycles. The Morgan fingerprint density at radius 1 is 1.14 bits per heavy atom. The van der Waals surface area contributed by atoms with Gasteiger partial charge >= 0.3 is 0 Å². The van der Waals surface area contributed by atoms with E-state index in [2.05, 4.69) is 4.98 Å². The van der Waals surface area contributed by atoms with Crippen LogP contribution in [0.15, 0.2) is 71.9 Å². The van der Waals surface area contributed by atoms with Crippen molar-refractivity contribution in [3.63, 3.8) is 0 Å². The molecule has 1 atom stereocenters. The van der Waals surface area contributed by atoms with Crippen LogP contribution in [0.1, 0.15) is 25.3 Å². The van der Waals surface area contributed by atoms with E-state index >= 15 is 0 Å². The van der Waals surface area contributed by atoms with E-state index in [-0.39, 0.29) is 11.2 Å². The van der Waals surface area contributed by atoms with Crippen molar-refractivity contribution < 1.29 is 27.4 Å². The molecule has 3 aromatic rings. The standard InChI is InChI=1S/C25H27N3O6S/c1-18(29)27-35(30,31)22-10-7-20(8-11-22)28(17-19-5-3-13-26-16-19)21-9-12-23(32-2)24(15-21)34-25-6-4-14-33-25/h3,5,7-13,15-16,25H,4,6,14,17H2,1-2H3,(H,27,29). The number of carbonyl (C=O) groups excluding carboxylic acids is 1. The van der Waals surface area contributed by atoms with Crippen molar-refractivity contribution in [2.75, 3.05) is 18.6 Å². The van der Waals surface area contributed by atoms with Crippen LogP contribution >= 0.6 is 0 Å². The lowest BCUT2D eigenvalue weighted by Crippen LogP contribution is -2.28. The number of methoxy groups -OCH3 is 1. The minimum absolute atomic E-state index is 0.00471. The van der Waals surface area contributed by atoms with Crippen LogP contribution in [0, 0.1) is 0 Å². The largest absolute Gasteiger partial charge is 0.493 e. The third-order valence-corrected chi connectivity index (χ3v) is 6.85. The monoisotopic (exact) mass is 497 g/mol. The number of nitrogens with zero attached hydrogens (tertiary/aromatic N) is 2. The Morgan fingerprint density at radius 2 is 1.91 bits per heavy atom. The zero-order chi connectivity index (χ0) is 24.8. The molecule has 1 aromatic heterocycles. The maximum Gasteiger partial charge on any atom is 0.264 e. The quantitative estimate of drug-likeness (QED) is 0.476. The van der Waals surface area contributed by atoms with Crippen molar-refractivity contribution in [1.82, 2.24) is 9.71 Å². The highest BCUT2D eigenvalue weighted by atomic mass is 32.2. The van der Waals surface area contributed by atoms with Gasteiger partial charge in [0.1, 0.15) is 0 Å². The summed E-state index contributed by atoms with van der Waals surface area (Å²) in [6.45, 7) is 2.28. The number of aromatic nitrogens is 1. The number of carbonyl (C=O) groups is 1. The van der Waals surface area contributed by atoms with E-state index in [1.54, 1.807) is 31.6 Å². The van der Waals surface area contributed by atoms with E-state index in [1.807, 2.05) is 40.0 Å². The Morgan fingerprint density at radius 3 is 2.54 bits per heavy atom. The van der Waals surface area contributed by atoms with Gasteiger partial charge in [-0.1, -0.05) is 6.07 Å². The van der Waals surface area contributed by atoms with Crippen molar-refractivity contribution in [1.29, 1.82) is 0 Å². The van der Waals surface area contributed by atoms with Gasteiger partial charge in [0.05, 0.1) is 18.6 Å². The smallest absolute Gasteiger partial charge is 0.264 e. The molecule has 10 heteroatoms. The highest BCUT2D eigenvalue weighted by Crippen LogP contribution is 2.37. The van der Waals surface area contributed by atoms with Crippen molar-refractivity contribution in [3.05, 3.63) is 72.6 Å². The van der Waals surface area contributed by atoms with E-state index in [1.165, 1.54) is 12.1 Å². The van der Waals surface area contributed by atoms with E-state index in [4.69, 9.17) is 14.2 Å². The molecule has 0 spiro atoms. The number of hydrogen-bond donors (Lipinski definition) is 1. The van der Waals surface area contributed by atoms with Gasteiger partial charge < -0.3 is 19.1 Å². The van der Waals surface area contributed by atoms with E-state index in [0.717, 1.165) is 36.7 Å². The molecule has 2 aromatic carbocycles. The highest BCUT2D eigenvalue weighted by Gasteiger charge is 2.21. The average molecular weight is 498 g/mol. The van der Waals surface area contributed by atoms with Crippen LogP contribution in [0.4, 0.5) is 11.4 Å². The zero-order valence-corrected chi connectivity index (χ0v) is 20.3. The summed E-state index contributed by atoms with van der Waals surface area (Å²) in [6, 6.07) is 15.7. The van der Waals surface area contributed by atoms with Gasteiger partial charge in [0, 0.05) is 49.7 Å². The van der Waals surface area contributed by atoms with E-state index < -0.39 is 15.9 Å². The number of anilines is 2. The molecule has 0 radical (unpaired) electrons. The molecule has 1 N–H and O–H groups in total. The van der Waals surface area contributed by atoms with E-state index in [9.17, 15) is 13.2 Å². The first kappa shape index (κ1) is 24.5. The second kappa shape index (κ2) is 10.7. The summed E-state index contributed by atoms with van der Waals surface area (Å²) in [5.41, 5.74) is 2.50. The maximum absolute atomic E-state index is 12.4. The Bertz CT molecular complexity index is 1260. The SMILES string of the molecule is COc1ccc(N(Cc2cccnc2)c2ccc(S(=O)(=O)NC(C)=O)cc2)cc1OC1CCCO1. The van der Waals surface area contributed by atoms with Gasteiger partial charge in [-0.15, -0.1) is 0 Å². The van der Waals surface area contributed by atoms with Crippen LogP contribution in [0.5, 0.6) is 11.5 Å². The number of amides is 1. The zero-order valence-electron chi connectivity index (χ0n) is 19.5. The summed E-state index contributed by atoms with van der Waals surface area (Å²) in [4.78, 5) is 17.5. The van der Waals surface area contributed by atoms with Gasteiger partial charge in [-0.3, -0.25) is 9.78 Å². The fourth-order valence-electron chi connectivity index (χ4n) is 3.77. The van der Waals surface area contributed by atoms with Crippen LogP contribution in [-0.2, 0) is 26.1 Å². The van der Waals surface area contributed by atoms with Gasteiger partial charge in [-0.2, -0.15) is 0 Å². The molecule has 9 nitrogen and oxygen atoms in total. The Hall–Kier alpha value is -3.63. The molecular formula is C25H27N3O6S. The molecule has 35 heavy (non-hydrogen) atoms. The number of pyridine rings is 1. The first-order chi connectivity index (χ1) is 16.9. The maximum atomic E-state index is 12.4. The first-order valence-corrected chi connectivity index (χ1v) is 12.6. The Balaban J connectivity index is 1.70. The molecule has 1 amide bonds. The van der Waals surface area contributed by atoms with Crippen LogP contribution in [0.2, 0.25) is 0 Å². The van der Waals surface area contributed by atoms with Gasteiger partial charge in [0.15, 0.2) is 17.8 Å². The first-order valence-electron chi connectivity index (χ1n) is 11.1. The average Bonchev–Trinajstić information content (AvgIpc) is 3.36. The summed E-state index contributed by atoms with van der Waals surface area (Å²) in [5.74, 6) is 0.490. The summed E-state index contributed by atoms with van der Waals surface area (Å²) in [5, 5.41) is 0. The summed E-state index contributed by atoms with van der Waals surface area (Å²) >= 11 is 0. The number of hydrogen-bond acceptors (Lipinski definition) is 8. The van der Waals surface area contributed by atoms with Gasteiger partial charge in [-0.25, -0.2) is 13.1 Å². The predicted octanol–water partition coefficient (Wildman–Crippen LogP) is 3.77. The number of rotatable bonds is 9. The predicted molar refractivity (Wildman–Crippen MR) is 130 cm³/mol. The second-order valence-corrected chi connectivity index (χ2v) is 9.68. The van der Waals surface area contributed by atoms with Crippen molar-refractivity contribution in [2.24, 2.45) is 0 Å². The lowest BCUT2D eigenvalue weighted by atomic mass is 10.2. The molecule has 1 saturated heterocycles. The fraction of sp³-hybridized carbons (Fsp3) is 0.280. The third kappa shape index (κ3) is 6.09. The van der Waals surface area contributed by atoms with Crippen LogP contribution in [0.3, 0.4) is 0 Å². The molecule has 184 valence electrons. The second-order valence-electron chi connectivity index (χ2n) is 8.00. The summed E-state index contributed by atoms with van der Waals surface area (Å²) in [7, 11) is -2.35. The number of benzene rings is 2. The summed E-state index contributed by atoms with van der Waals surface area (Å²) in [6.07, 6.45) is 4.89. The van der Waals surface area contributed by atoms with Crippen molar-refractivity contribution >= 4 is 27.3 Å². The normalized spacial score (nSPS) is 15.4. The molecule has 4 rings (SSSR count). The van der Waals surface area contributed by atoms with Gasteiger partial charge in [0.25, 0.3) is 10.0 Å². The molecule has 0 saturated carbocycles. The Kier molecular flexibility index (Phi) is 7.52. The topological polar surface area (TPSA) is 107 Å². The minimum Gasteiger partial charge on any atom is -0.493 e.